The molecule has 0 saturated carbocycles. The lowest BCUT2D eigenvalue weighted by atomic mass is 10.0. The molecule has 2 N–H and O–H groups in total. The van der Waals surface area contributed by atoms with Gasteiger partial charge >= 0.3 is 12.1 Å². The minimum Gasteiger partial charge on any atom is -0.480 e. The van der Waals surface area contributed by atoms with Gasteiger partial charge in [0.05, 0.1) is 12.0 Å². The first kappa shape index (κ1) is 25.9. The van der Waals surface area contributed by atoms with Gasteiger partial charge in [0.25, 0.3) is 0 Å². The molecule has 0 aliphatic carbocycles. The van der Waals surface area contributed by atoms with Gasteiger partial charge in [-0.15, -0.1) is 0 Å². The molecule has 9 nitrogen and oxygen atoms in total. The highest BCUT2D eigenvalue weighted by Crippen LogP contribution is 2.42. The van der Waals surface area contributed by atoms with Crippen LogP contribution in [0, 0.1) is 0 Å². The summed E-state index contributed by atoms with van der Waals surface area (Å²) in [6.07, 6.45) is -1.19. The summed E-state index contributed by atoms with van der Waals surface area (Å²) < 4.78 is 32.0. The topological polar surface area (TPSA) is 130 Å². The zero-order valence-electron chi connectivity index (χ0n) is 18.9. The van der Waals surface area contributed by atoms with Crippen LogP contribution in [0.25, 0.3) is 0 Å². The molecule has 32 heavy (non-hydrogen) atoms. The Morgan fingerprint density at radius 2 is 1.84 bits per heavy atom. The summed E-state index contributed by atoms with van der Waals surface area (Å²) in [7, 11) is -3.96. The number of carboxylic acid groups (broad SMARTS) is 1. The number of hydrogen-bond donors (Lipinski definition) is 2. The number of alkyl carbamates (subject to hydrolysis) is 1. The number of carbonyl (C=O) groups excluding carboxylic acids is 2. The van der Waals surface area contributed by atoms with Crippen LogP contribution in [0.4, 0.5) is 4.79 Å². The first-order valence-corrected chi connectivity index (χ1v) is 11.9. The minimum absolute atomic E-state index is 0.0982. The largest absolute Gasteiger partial charge is 0.480 e. The Kier molecular flexibility index (Phi) is 7.21. The highest BCUT2D eigenvalue weighted by molar-refractivity contribution is 7.90. The van der Waals surface area contributed by atoms with E-state index in [0.717, 1.165) is 4.31 Å². The van der Waals surface area contributed by atoms with Crippen molar-refractivity contribution < 1.29 is 32.6 Å². The number of hydrogen-bond acceptors (Lipinski definition) is 6. The number of nitrogens with zero attached hydrogens (tertiary/aromatic N) is 1. The average Bonchev–Trinajstić information content (AvgIpc) is 2.81. The second kappa shape index (κ2) is 8.90. The van der Waals surface area contributed by atoms with E-state index in [9.17, 15) is 27.9 Å². The Labute approximate surface area is 193 Å². The van der Waals surface area contributed by atoms with Crippen LogP contribution in [0.5, 0.6) is 0 Å². The Morgan fingerprint density at radius 3 is 2.28 bits per heavy atom. The molecule has 2 atom stereocenters. The number of amides is 2. The Hall–Kier alpha value is -2.33. The first-order valence-electron chi connectivity index (χ1n) is 10.0. The summed E-state index contributed by atoms with van der Waals surface area (Å²) in [5.41, 5.74) is -0.957. The summed E-state index contributed by atoms with van der Waals surface area (Å²) in [4.78, 5) is 35.9. The summed E-state index contributed by atoms with van der Waals surface area (Å²) in [5.74, 6) is -1.77. The number of carbonyl (C=O) groups is 3. The van der Waals surface area contributed by atoms with E-state index < -0.39 is 50.4 Å². The average molecular weight is 489 g/mol. The van der Waals surface area contributed by atoms with Gasteiger partial charge in [-0.1, -0.05) is 23.7 Å². The van der Waals surface area contributed by atoms with Gasteiger partial charge in [0.1, 0.15) is 16.9 Å². The maximum Gasteiger partial charge on any atom is 0.408 e. The molecule has 1 saturated heterocycles. The second-order valence-corrected chi connectivity index (χ2v) is 12.0. The molecule has 1 aliphatic heterocycles. The molecule has 1 heterocycles. The number of nitrogens with one attached hydrogen (secondary N) is 1. The summed E-state index contributed by atoms with van der Waals surface area (Å²) in [5, 5.41) is 10.7. The van der Waals surface area contributed by atoms with Crippen LogP contribution in [-0.2, 0) is 30.8 Å². The molecule has 0 bridgehead atoms. The maximum atomic E-state index is 13.0. The Morgan fingerprint density at radius 1 is 1.25 bits per heavy atom. The van der Waals surface area contributed by atoms with Crippen molar-refractivity contribution in [3.63, 3.8) is 0 Å². The van der Waals surface area contributed by atoms with Gasteiger partial charge in [0.2, 0.25) is 15.9 Å². The summed E-state index contributed by atoms with van der Waals surface area (Å²) in [6.45, 7) is 9.88. The Bertz CT molecular complexity index is 1030. The van der Waals surface area contributed by atoms with E-state index in [4.69, 9.17) is 16.3 Å². The molecule has 1 unspecified atom stereocenters. The number of sulfonamides is 1. The second-order valence-electron chi connectivity index (χ2n) is 9.66. The fraction of sp³-hybridized carbons (Fsp3) is 0.571. The normalized spacial score (nSPS) is 19.5. The molecule has 2 amide bonds. The third kappa shape index (κ3) is 5.92. The van der Waals surface area contributed by atoms with Gasteiger partial charge < -0.3 is 15.2 Å². The van der Waals surface area contributed by atoms with Crippen LogP contribution < -0.4 is 5.32 Å². The lowest BCUT2D eigenvalue weighted by molar-refractivity contribution is -0.139. The van der Waals surface area contributed by atoms with Crippen LogP contribution in [0.3, 0.4) is 0 Å². The van der Waals surface area contributed by atoms with Gasteiger partial charge in [0, 0.05) is 11.4 Å². The first-order chi connectivity index (χ1) is 14.4. The van der Waals surface area contributed by atoms with Crippen LogP contribution in [0.15, 0.2) is 18.2 Å². The van der Waals surface area contributed by atoms with Crippen molar-refractivity contribution in [1.82, 2.24) is 9.62 Å². The number of carboxylic acids is 1. The van der Waals surface area contributed by atoms with E-state index in [-0.39, 0.29) is 23.4 Å². The molecule has 1 aliphatic rings. The molecule has 1 fully saturated rings. The molecular weight excluding hydrogens is 460 g/mol. The molecule has 0 aromatic heterocycles. The number of benzene rings is 1. The monoisotopic (exact) mass is 488 g/mol. The lowest BCUT2D eigenvalue weighted by Gasteiger charge is -2.30. The van der Waals surface area contributed by atoms with Crippen LogP contribution in [0.2, 0.25) is 5.02 Å². The van der Waals surface area contributed by atoms with E-state index in [1.54, 1.807) is 41.5 Å². The lowest BCUT2D eigenvalue weighted by Crippen LogP contribution is -2.45. The summed E-state index contributed by atoms with van der Waals surface area (Å²) >= 11 is 6.35. The smallest absolute Gasteiger partial charge is 0.408 e. The van der Waals surface area contributed by atoms with Gasteiger partial charge in [-0.05, 0) is 58.7 Å². The third-order valence-electron chi connectivity index (χ3n) is 4.65. The molecule has 1 aromatic rings. The van der Waals surface area contributed by atoms with Crippen molar-refractivity contribution in [1.29, 1.82) is 0 Å². The molecule has 0 radical (unpaired) electrons. The van der Waals surface area contributed by atoms with E-state index in [1.165, 1.54) is 18.2 Å². The van der Waals surface area contributed by atoms with E-state index >= 15 is 0 Å². The van der Waals surface area contributed by atoms with E-state index in [2.05, 4.69) is 5.32 Å². The minimum atomic E-state index is -3.96. The number of halogens is 1. The molecule has 178 valence electrons. The van der Waals surface area contributed by atoms with Crippen molar-refractivity contribution in [2.24, 2.45) is 0 Å². The zero-order chi connectivity index (χ0) is 24.6. The van der Waals surface area contributed by atoms with Crippen molar-refractivity contribution in [3.8, 4) is 0 Å². The number of aliphatic carboxylic acids is 1. The van der Waals surface area contributed by atoms with Crippen molar-refractivity contribution in [2.75, 3.05) is 0 Å². The van der Waals surface area contributed by atoms with E-state index in [1.807, 2.05) is 0 Å². The van der Waals surface area contributed by atoms with Gasteiger partial charge in [-0.3, -0.25) is 4.79 Å². The van der Waals surface area contributed by atoms with Crippen LogP contribution in [-0.4, -0.2) is 53.0 Å². The van der Waals surface area contributed by atoms with Crippen molar-refractivity contribution >= 4 is 39.6 Å². The molecule has 11 heteroatoms. The third-order valence-corrected chi connectivity index (χ3v) is 7.38. The number of ether oxygens (including phenoxy) is 1. The van der Waals surface area contributed by atoms with Crippen LogP contribution in [0.1, 0.15) is 64.3 Å². The highest BCUT2D eigenvalue weighted by Gasteiger charge is 2.50. The standard InChI is InChI=1S/C21H29ClN2O7S/c1-20(2,3)24-17(25)11-16(32(24,29)30)13-8-7-12(9-14(13)22)10-15(18(26)27)23-19(28)31-21(4,5)6/h7-9,15-16H,10-11H2,1-6H3,(H,23,28)(H,26,27)/t15-,16?/m0/s1. The molecule has 1 aromatic carbocycles. The Balaban J connectivity index is 2.25. The number of rotatable bonds is 5. The predicted octanol–water partition coefficient (Wildman–Crippen LogP) is 3.26. The fourth-order valence-electron chi connectivity index (χ4n) is 3.49. The predicted molar refractivity (Wildman–Crippen MR) is 119 cm³/mol. The van der Waals surface area contributed by atoms with Crippen molar-refractivity contribution in [3.05, 3.63) is 34.3 Å². The van der Waals surface area contributed by atoms with Gasteiger partial charge in [-0.2, -0.15) is 0 Å². The van der Waals surface area contributed by atoms with Crippen LogP contribution >= 0.6 is 11.6 Å². The zero-order valence-corrected chi connectivity index (χ0v) is 20.5. The molecule has 0 spiro atoms. The highest BCUT2D eigenvalue weighted by atomic mass is 35.5. The molecule has 2 rings (SSSR count). The summed E-state index contributed by atoms with van der Waals surface area (Å²) in [6, 6.07) is 3.18. The van der Waals surface area contributed by atoms with Gasteiger partial charge in [-0.25, -0.2) is 22.3 Å². The molecular formula is C21H29ClN2O7S. The van der Waals surface area contributed by atoms with Crippen molar-refractivity contribution in [2.45, 2.75) is 76.8 Å². The quantitative estimate of drug-likeness (QED) is 0.650. The SMILES string of the molecule is CC(C)(C)OC(=O)N[C@@H](Cc1ccc(C2CC(=O)N(C(C)(C)C)S2(=O)=O)c(Cl)c1)C(=O)O. The maximum absolute atomic E-state index is 13.0. The fourth-order valence-corrected chi connectivity index (χ4v) is 6.14. The van der Waals surface area contributed by atoms with Gasteiger partial charge in [0.15, 0.2) is 0 Å². The van der Waals surface area contributed by atoms with E-state index in [0.29, 0.717) is 5.56 Å².